The van der Waals surface area contributed by atoms with Gasteiger partial charge in [0.1, 0.15) is 18.4 Å². The molecule has 0 unspecified atom stereocenters. The van der Waals surface area contributed by atoms with Crippen molar-refractivity contribution >= 4 is 17.8 Å². The molecule has 0 aliphatic heterocycles. The van der Waals surface area contributed by atoms with Gasteiger partial charge in [0.25, 0.3) is 0 Å². The Morgan fingerprint density at radius 1 is 1.19 bits per heavy atom. The molecule has 1 atom stereocenters. The summed E-state index contributed by atoms with van der Waals surface area (Å²) in [6, 6.07) is 8.28. The number of rotatable bonds is 7. The van der Waals surface area contributed by atoms with Crippen LogP contribution >= 0.6 is 0 Å². The van der Waals surface area contributed by atoms with Crippen molar-refractivity contribution in [3.8, 4) is 0 Å². The molecular formula is C15H19NO5. The summed E-state index contributed by atoms with van der Waals surface area (Å²) in [5, 5.41) is 2.41. The summed E-state index contributed by atoms with van der Waals surface area (Å²) in [6.07, 6.45) is -0.362. The lowest BCUT2D eigenvalue weighted by Crippen LogP contribution is -2.42. The highest BCUT2D eigenvalue weighted by atomic mass is 16.6. The third-order valence-corrected chi connectivity index (χ3v) is 2.78. The molecule has 0 aromatic heterocycles. The number of hydrogen-bond donors (Lipinski definition) is 1. The van der Waals surface area contributed by atoms with Gasteiger partial charge in [0, 0.05) is 6.42 Å². The predicted molar refractivity (Wildman–Crippen MR) is 75.5 cm³/mol. The van der Waals surface area contributed by atoms with Gasteiger partial charge in [-0.25, -0.2) is 9.59 Å². The van der Waals surface area contributed by atoms with E-state index in [1.807, 2.05) is 30.3 Å². The molecule has 1 amide bonds. The number of ether oxygens (including phenoxy) is 2. The van der Waals surface area contributed by atoms with Crippen molar-refractivity contribution in [2.24, 2.45) is 0 Å². The van der Waals surface area contributed by atoms with Gasteiger partial charge in [-0.05, 0) is 18.9 Å². The molecule has 0 saturated heterocycles. The first-order valence-corrected chi connectivity index (χ1v) is 6.57. The first kappa shape index (κ1) is 16.7. The van der Waals surface area contributed by atoms with Crippen LogP contribution in [0.2, 0.25) is 0 Å². The number of Topliss-reactive ketones (excluding diaryl/α,β-unsaturated/α-hetero) is 1. The van der Waals surface area contributed by atoms with E-state index in [2.05, 4.69) is 10.1 Å². The van der Waals surface area contributed by atoms with Crippen molar-refractivity contribution in [3.05, 3.63) is 35.9 Å². The third-order valence-electron chi connectivity index (χ3n) is 2.78. The average Bonchev–Trinajstić information content (AvgIpc) is 2.49. The molecule has 0 bridgehead atoms. The lowest BCUT2D eigenvalue weighted by Gasteiger charge is -2.15. The van der Waals surface area contributed by atoms with Crippen LogP contribution in [0.25, 0.3) is 0 Å². The largest absolute Gasteiger partial charge is 0.467 e. The van der Waals surface area contributed by atoms with Gasteiger partial charge in [-0.1, -0.05) is 30.3 Å². The van der Waals surface area contributed by atoms with Gasteiger partial charge in [-0.2, -0.15) is 0 Å². The van der Waals surface area contributed by atoms with E-state index in [4.69, 9.17) is 4.74 Å². The van der Waals surface area contributed by atoms with Crippen LogP contribution in [0.4, 0.5) is 4.79 Å². The zero-order valence-corrected chi connectivity index (χ0v) is 12.1. The quantitative estimate of drug-likeness (QED) is 0.775. The van der Waals surface area contributed by atoms with Crippen LogP contribution in [-0.2, 0) is 25.7 Å². The van der Waals surface area contributed by atoms with E-state index < -0.39 is 18.1 Å². The molecule has 6 heteroatoms. The Kier molecular flexibility index (Phi) is 6.94. The topological polar surface area (TPSA) is 81.7 Å². The molecule has 0 radical (unpaired) electrons. The molecule has 6 nitrogen and oxygen atoms in total. The van der Waals surface area contributed by atoms with Crippen LogP contribution in [0.3, 0.4) is 0 Å². The summed E-state index contributed by atoms with van der Waals surface area (Å²) in [6.45, 7) is 1.52. The molecule has 1 rings (SSSR count). The summed E-state index contributed by atoms with van der Waals surface area (Å²) in [4.78, 5) is 34.2. The summed E-state index contributed by atoms with van der Waals surface area (Å²) in [7, 11) is 1.22. The molecule has 114 valence electrons. The van der Waals surface area contributed by atoms with Crippen LogP contribution in [0.5, 0.6) is 0 Å². The second-order valence-corrected chi connectivity index (χ2v) is 4.52. The number of ketones is 1. The number of esters is 1. The van der Waals surface area contributed by atoms with E-state index in [9.17, 15) is 14.4 Å². The fourth-order valence-corrected chi connectivity index (χ4v) is 1.65. The number of hydrogen-bond acceptors (Lipinski definition) is 5. The molecule has 1 N–H and O–H groups in total. The van der Waals surface area contributed by atoms with Crippen molar-refractivity contribution in [1.82, 2.24) is 5.32 Å². The molecule has 21 heavy (non-hydrogen) atoms. The second-order valence-electron chi connectivity index (χ2n) is 4.52. The minimum Gasteiger partial charge on any atom is -0.467 e. The van der Waals surface area contributed by atoms with E-state index >= 15 is 0 Å². The van der Waals surface area contributed by atoms with Crippen LogP contribution < -0.4 is 5.32 Å². The van der Waals surface area contributed by atoms with E-state index in [0.29, 0.717) is 0 Å². The van der Waals surface area contributed by atoms with Gasteiger partial charge in [-0.15, -0.1) is 0 Å². The minimum absolute atomic E-state index is 0.0663. The monoisotopic (exact) mass is 293 g/mol. The van der Waals surface area contributed by atoms with Crippen molar-refractivity contribution < 1.29 is 23.9 Å². The van der Waals surface area contributed by atoms with E-state index in [1.165, 1.54) is 14.0 Å². The van der Waals surface area contributed by atoms with E-state index in [0.717, 1.165) is 5.56 Å². The lowest BCUT2D eigenvalue weighted by atomic mass is 10.1. The van der Waals surface area contributed by atoms with Gasteiger partial charge < -0.3 is 19.6 Å². The molecule has 0 saturated carbocycles. The molecule has 0 heterocycles. The number of methoxy groups -OCH3 is 1. The zero-order chi connectivity index (χ0) is 15.7. The SMILES string of the molecule is COC(=O)[C@@H](CCC(C)=O)NC(=O)OCc1ccccc1. The van der Waals surface area contributed by atoms with Gasteiger partial charge in [0.2, 0.25) is 0 Å². The Balaban J connectivity index is 2.47. The van der Waals surface area contributed by atoms with Crippen LogP contribution in [0.15, 0.2) is 30.3 Å². The van der Waals surface area contributed by atoms with Crippen LogP contribution in [0, 0.1) is 0 Å². The summed E-state index contributed by atoms with van der Waals surface area (Å²) < 4.78 is 9.61. The number of amides is 1. The Hall–Kier alpha value is -2.37. The van der Waals surface area contributed by atoms with Gasteiger partial charge >= 0.3 is 12.1 Å². The Bertz CT molecular complexity index is 486. The smallest absolute Gasteiger partial charge is 0.408 e. The maximum Gasteiger partial charge on any atom is 0.408 e. The minimum atomic E-state index is -0.887. The molecule has 1 aromatic carbocycles. The fourth-order valence-electron chi connectivity index (χ4n) is 1.65. The Morgan fingerprint density at radius 2 is 1.86 bits per heavy atom. The molecule has 0 spiro atoms. The third kappa shape index (κ3) is 6.56. The van der Waals surface area contributed by atoms with Crippen molar-refractivity contribution in [2.45, 2.75) is 32.4 Å². The van der Waals surface area contributed by atoms with Gasteiger partial charge in [0.05, 0.1) is 7.11 Å². The first-order chi connectivity index (χ1) is 10.0. The molecule has 0 aliphatic carbocycles. The van der Waals surface area contributed by atoms with Crippen LogP contribution in [-0.4, -0.2) is 31.0 Å². The van der Waals surface area contributed by atoms with E-state index in [-0.39, 0.29) is 25.2 Å². The molecular weight excluding hydrogens is 274 g/mol. The standard InChI is InChI=1S/C15H19NO5/c1-11(17)8-9-13(14(18)20-2)16-15(19)21-10-12-6-4-3-5-7-12/h3-7,13H,8-10H2,1-2H3,(H,16,19)/t13-/m1/s1. The number of nitrogens with one attached hydrogen (secondary N) is 1. The highest BCUT2D eigenvalue weighted by molar-refractivity contribution is 5.82. The van der Waals surface area contributed by atoms with E-state index in [1.54, 1.807) is 0 Å². The maximum atomic E-state index is 11.7. The first-order valence-electron chi connectivity index (χ1n) is 6.57. The zero-order valence-electron chi connectivity index (χ0n) is 12.1. The number of alkyl carbamates (subject to hydrolysis) is 1. The lowest BCUT2D eigenvalue weighted by molar-refractivity contribution is -0.143. The molecule has 0 aliphatic rings. The van der Waals surface area contributed by atoms with Crippen molar-refractivity contribution in [1.29, 1.82) is 0 Å². The normalized spacial score (nSPS) is 11.3. The van der Waals surface area contributed by atoms with Crippen LogP contribution in [0.1, 0.15) is 25.3 Å². The average molecular weight is 293 g/mol. The summed E-state index contributed by atoms with van der Waals surface area (Å²) >= 11 is 0. The Labute approximate surface area is 123 Å². The molecule has 1 aromatic rings. The number of carbonyl (C=O) groups excluding carboxylic acids is 3. The number of carbonyl (C=O) groups is 3. The fraction of sp³-hybridized carbons (Fsp3) is 0.400. The summed E-state index contributed by atoms with van der Waals surface area (Å²) in [5.74, 6) is -0.670. The van der Waals surface area contributed by atoms with Crippen molar-refractivity contribution in [2.75, 3.05) is 7.11 Å². The second kappa shape index (κ2) is 8.73. The highest BCUT2D eigenvalue weighted by Gasteiger charge is 2.22. The van der Waals surface area contributed by atoms with Gasteiger partial charge in [-0.3, -0.25) is 0 Å². The number of benzene rings is 1. The predicted octanol–water partition coefficient (Wildman–Crippen LogP) is 1.82. The van der Waals surface area contributed by atoms with Gasteiger partial charge in [0.15, 0.2) is 0 Å². The Morgan fingerprint density at radius 3 is 2.43 bits per heavy atom. The highest BCUT2D eigenvalue weighted by Crippen LogP contribution is 2.04. The van der Waals surface area contributed by atoms with Crippen molar-refractivity contribution in [3.63, 3.8) is 0 Å². The maximum absolute atomic E-state index is 11.7. The molecule has 0 fully saturated rings. The summed E-state index contributed by atoms with van der Waals surface area (Å²) in [5.41, 5.74) is 0.839.